The number of benzene rings is 1. The number of allylic oxidation sites excluding steroid dienone is 1. The Bertz CT molecular complexity index is 903. The summed E-state index contributed by atoms with van der Waals surface area (Å²) in [4.78, 5) is 14.6. The number of nitro groups is 1. The first-order valence-corrected chi connectivity index (χ1v) is 7.41. The highest BCUT2D eigenvalue weighted by atomic mass is 32.1. The maximum absolute atomic E-state index is 10.6. The number of aromatic nitrogens is 1. The van der Waals surface area contributed by atoms with E-state index >= 15 is 0 Å². The molecule has 0 aliphatic heterocycles. The molecule has 0 unspecified atom stereocenters. The Morgan fingerprint density at radius 2 is 2.13 bits per heavy atom. The van der Waals surface area contributed by atoms with Gasteiger partial charge >= 0.3 is 0 Å². The first-order chi connectivity index (χ1) is 11.2. The number of nitrogens with zero attached hydrogens (tertiary/aromatic N) is 3. The molecular weight excluding hydrogens is 314 g/mol. The topological polar surface area (TPSA) is 93.0 Å². The molecule has 3 rings (SSSR count). The van der Waals surface area contributed by atoms with Crippen molar-refractivity contribution in [3.8, 4) is 17.5 Å². The zero-order valence-corrected chi connectivity index (χ0v) is 12.5. The Labute approximate surface area is 135 Å². The van der Waals surface area contributed by atoms with Crippen LogP contribution in [0.4, 0.5) is 5.69 Å². The van der Waals surface area contributed by atoms with Gasteiger partial charge in [-0.15, -0.1) is 11.3 Å². The summed E-state index contributed by atoms with van der Waals surface area (Å²) in [5.41, 5.74) is 1.76. The van der Waals surface area contributed by atoms with Gasteiger partial charge in [-0.25, -0.2) is 4.98 Å². The molecule has 1 aromatic carbocycles. The third-order valence-corrected chi connectivity index (χ3v) is 3.92. The minimum absolute atomic E-state index is 0.00927. The lowest BCUT2D eigenvalue weighted by Gasteiger charge is -1.96. The van der Waals surface area contributed by atoms with Gasteiger partial charge in [0.1, 0.15) is 16.8 Å². The van der Waals surface area contributed by atoms with Gasteiger partial charge in [0.15, 0.2) is 5.76 Å². The summed E-state index contributed by atoms with van der Waals surface area (Å²) < 4.78 is 5.28. The fraction of sp³-hybridized carbons (Fsp3) is 0. The van der Waals surface area contributed by atoms with Crippen molar-refractivity contribution in [3.05, 3.63) is 68.7 Å². The van der Waals surface area contributed by atoms with Gasteiger partial charge in [0.25, 0.3) is 5.69 Å². The van der Waals surface area contributed by atoms with E-state index in [0.29, 0.717) is 27.6 Å². The Hall–Kier alpha value is -3.24. The zero-order chi connectivity index (χ0) is 16.2. The number of nitro benzene ring substituents is 1. The summed E-state index contributed by atoms with van der Waals surface area (Å²) in [5.74, 6) is 0.639. The highest BCUT2D eigenvalue weighted by Crippen LogP contribution is 2.27. The molecule has 23 heavy (non-hydrogen) atoms. The number of non-ortho nitro benzene ring substituents is 1. The quantitative estimate of drug-likeness (QED) is 0.403. The molecule has 0 aliphatic rings. The molecule has 6 nitrogen and oxygen atoms in total. The molecule has 0 saturated heterocycles. The van der Waals surface area contributed by atoms with Crippen molar-refractivity contribution >= 4 is 28.7 Å². The van der Waals surface area contributed by atoms with Crippen LogP contribution < -0.4 is 0 Å². The molecule has 7 heteroatoms. The van der Waals surface area contributed by atoms with E-state index in [1.165, 1.54) is 23.5 Å². The third kappa shape index (κ3) is 3.17. The molecule has 0 aliphatic carbocycles. The van der Waals surface area contributed by atoms with Crippen molar-refractivity contribution in [1.29, 1.82) is 5.26 Å². The summed E-state index contributed by atoms with van der Waals surface area (Å²) in [6, 6.07) is 11.7. The number of furan rings is 1. The van der Waals surface area contributed by atoms with Crippen LogP contribution in [-0.4, -0.2) is 9.91 Å². The third-order valence-electron chi connectivity index (χ3n) is 3.04. The van der Waals surface area contributed by atoms with Gasteiger partial charge in [-0.1, -0.05) is 0 Å². The molecule has 0 atom stereocenters. The molecule has 112 valence electrons. The highest BCUT2D eigenvalue weighted by Gasteiger charge is 2.11. The summed E-state index contributed by atoms with van der Waals surface area (Å²) in [7, 11) is 0. The number of hydrogen-bond acceptors (Lipinski definition) is 6. The van der Waals surface area contributed by atoms with E-state index < -0.39 is 4.92 Å². The summed E-state index contributed by atoms with van der Waals surface area (Å²) in [6.07, 6.45) is 3.21. The standard InChI is InChI=1S/C16H9N3O3S/c17-9-12(8-11-3-5-13(6-4-11)19(20)21)16-18-14(10-23-16)15-2-1-7-22-15/h1-8,10H. The second kappa shape index (κ2) is 6.25. The molecule has 2 aromatic heterocycles. The molecule has 0 spiro atoms. The van der Waals surface area contributed by atoms with Crippen LogP contribution >= 0.6 is 11.3 Å². The molecule has 0 saturated carbocycles. The molecule has 0 radical (unpaired) electrons. The second-order valence-electron chi connectivity index (χ2n) is 4.53. The van der Waals surface area contributed by atoms with E-state index in [-0.39, 0.29) is 5.69 Å². The maximum Gasteiger partial charge on any atom is 0.269 e. The monoisotopic (exact) mass is 323 g/mol. The van der Waals surface area contributed by atoms with Crippen molar-refractivity contribution in [1.82, 2.24) is 4.98 Å². The average Bonchev–Trinajstić information content (AvgIpc) is 3.24. The van der Waals surface area contributed by atoms with E-state index in [1.807, 2.05) is 5.38 Å². The molecule has 0 fully saturated rings. The fourth-order valence-electron chi connectivity index (χ4n) is 1.94. The molecule has 0 N–H and O–H groups in total. The van der Waals surface area contributed by atoms with Crippen LogP contribution in [0.3, 0.4) is 0 Å². The normalized spacial score (nSPS) is 11.2. The van der Waals surface area contributed by atoms with Crippen molar-refractivity contribution in [2.75, 3.05) is 0 Å². The highest BCUT2D eigenvalue weighted by molar-refractivity contribution is 7.11. The molecule has 0 bridgehead atoms. The first-order valence-electron chi connectivity index (χ1n) is 6.53. The second-order valence-corrected chi connectivity index (χ2v) is 5.39. The smallest absolute Gasteiger partial charge is 0.269 e. The van der Waals surface area contributed by atoms with Gasteiger partial charge in [0, 0.05) is 17.5 Å². The van der Waals surface area contributed by atoms with Gasteiger partial charge < -0.3 is 4.42 Å². The van der Waals surface area contributed by atoms with E-state index in [4.69, 9.17) is 4.42 Å². The van der Waals surface area contributed by atoms with Crippen molar-refractivity contribution in [2.24, 2.45) is 0 Å². The largest absolute Gasteiger partial charge is 0.463 e. The lowest BCUT2D eigenvalue weighted by Crippen LogP contribution is -1.87. The molecule has 3 aromatic rings. The van der Waals surface area contributed by atoms with Crippen LogP contribution in [0.15, 0.2) is 52.5 Å². The van der Waals surface area contributed by atoms with Crippen molar-refractivity contribution in [2.45, 2.75) is 0 Å². The fourth-order valence-corrected chi connectivity index (χ4v) is 2.71. The SMILES string of the molecule is N#CC(=Cc1ccc([N+](=O)[O-])cc1)c1nc(-c2ccco2)cs1. The van der Waals surface area contributed by atoms with E-state index in [1.54, 1.807) is 36.6 Å². The Kier molecular flexibility index (Phi) is 3.99. The maximum atomic E-state index is 10.6. The molecular formula is C16H9N3O3S. The van der Waals surface area contributed by atoms with Crippen LogP contribution in [0.5, 0.6) is 0 Å². The molecule has 2 heterocycles. The van der Waals surface area contributed by atoms with Crippen molar-refractivity contribution < 1.29 is 9.34 Å². The van der Waals surface area contributed by atoms with Crippen LogP contribution in [0.25, 0.3) is 23.1 Å². The van der Waals surface area contributed by atoms with Crippen LogP contribution in [0.2, 0.25) is 0 Å². The summed E-state index contributed by atoms with van der Waals surface area (Å²) >= 11 is 1.34. The van der Waals surface area contributed by atoms with Gasteiger partial charge in [0.05, 0.1) is 16.8 Å². The van der Waals surface area contributed by atoms with E-state index in [2.05, 4.69) is 11.1 Å². The first kappa shape index (κ1) is 14.7. The van der Waals surface area contributed by atoms with E-state index in [9.17, 15) is 15.4 Å². The van der Waals surface area contributed by atoms with Crippen LogP contribution in [0, 0.1) is 21.4 Å². The Balaban J connectivity index is 1.90. The van der Waals surface area contributed by atoms with E-state index in [0.717, 1.165) is 0 Å². The number of hydrogen-bond donors (Lipinski definition) is 0. The van der Waals surface area contributed by atoms with Crippen LogP contribution in [0.1, 0.15) is 10.6 Å². The lowest BCUT2D eigenvalue weighted by atomic mass is 10.1. The van der Waals surface area contributed by atoms with Gasteiger partial charge in [-0.3, -0.25) is 10.1 Å². The number of rotatable bonds is 4. The lowest BCUT2D eigenvalue weighted by molar-refractivity contribution is -0.384. The molecule has 0 amide bonds. The van der Waals surface area contributed by atoms with Gasteiger partial charge in [0.2, 0.25) is 0 Å². The predicted molar refractivity (Wildman–Crippen MR) is 86.4 cm³/mol. The Morgan fingerprint density at radius 3 is 2.74 bits per heavy atom. The van der Waals surface area contributed by atoms with Gasteiger partial charge in [-0.05, 0) is 35.9 Å². The predicted octanol–water partition coefficient (Wildman–Crippen LogP) is 4.38. The zero-order valence-electron chi connectivity index (χ0n) is 11.7. The minimum Gasteiger partial charge on any atom is -0.463 e. The average molecular weight is 323 g/mol. The minimum atomic E-state index is -0.463. The van der Waals surface area contributed by atoms with Gasteiger partial charge in [-0.2, -0.15) is 5.26 Å². The number of nitriles is 1. The summed E-state index contributed by atoms with van der Waals surface area (Å²) in [6.45, 7) is 0. The van der Waals surface area contributed by atoms with Crippen molar-refractivity contribution in [3.63, 3.8) is 0 Å². The van der Waals surface area contributed by atoms with Crippen LogP contribution in [-0.2, 0) is 0 Å². The number of thiazole rings is 1. The summed E-state index contributed by atoms with van der Waals surface area (Å²) in [5, 5.41) is 22.4. The Morgan fingerprint density at radius 1 is 1.35 bits per heavy atom.